The first-order chi connectivity index (χ1) is 16.2. The number of H-pyrrole nitrogens is 1. The van der Waals surface area contributed by atoms with Crippen molar-refractivity contribution in [2.75, 3.05) is 6.61 Å². The monoisotopic (exact) mass is 487 g/mol. The third-order valence-corrected chi connectivity index (χ3v) is 8.01. The van der Waals surface area contributed by atoms with Crippen molar-refractivity contribution in [1.29, 1.82) is 0 Å². The molecule has 0 saturated heterocycles. The molecule has 1 fully saturated rings. The quantitative estimate of drug-likeness (QED) is 0.389. The van der Waals surface area contributed by atoms with Crippen LogP contribution in [0.3, 0.4) is 0 Å². The topological polar surface area (TPSA) is 111 Å². The number of aliphatic hydroxyl groups is 1. The van der Waals surface area contributed by atoms with Gasteiger partial charge in [0.05, 0.1) is 10.9 Å². The zero-order valence-corrected chi connectivity index (χ0v) is 19.9. The Morgan fingerprint density at radius 1 is 1.12 bits per heavy atom. The van der Waals surface area contributed by atoms with Gasteiger partial charge in [-0.25, -0.2) is 17.5 Å². The standard InChI is InChI=1S/C25H30FN3O4S/c1-16(17-2-7-20(26)8-3-17)27-25(31)18-4-9-21(10-5-18)29-34(32,33)23-11-6-19-14-22(12-13-30)28-24(19)15-23/h2-3,6-8,11,14-16,18,21,28-30H,4-5,9-10,12-13H2,1H3,(H,27,31)/t16-,18?,21?/m1/s1. The second-order valence-corrected chi connectivity index (χ2v) is 10.7. The summed E-state index contributed by atoms with van der Waals surface area (Å²) in [6.45, 7) is 1.88. The fraction of sp³-hybridized carbons (Fsp3) is 0.400. The maximum Gasteiger partial charge on any atom is 0.240 e. The lowest BCUT2D eigenvalue weighted by Crippen LogP contribution is -2.41. The summed E-state index contributed by atoms with van der Waals surface area (Å²) in [7, 11) is -3.70. The molecule has 1 aliphatic carbocycles. The number of sulfonamides is 1. The number of hydrogen-bond acceptors (Lipinski definition) is 4. The summed E-state index contributed by atoms with van der Waals surface area (Å²) < 4.78 is 41.8. The molecule has 1 amide bonds. The fourth-order valence-corrected chi connectivity index (χ4v) is 5.85. The Morgan fingerprint density at radius 3 is 2.50 bits per heavy atom. The van der Waals surface area contributed by atoms with Crippen molar-refractivity contribution in [2.45, 2.75) is 56.0 Å². The van der Waals surface area contributed by atoms with Crippen LogP contribution in [-0.2, 0) is 21.2 Å². The zero-order valence-electron chi connectivity index (χ0n) is 19.1. The molecule has 0 spiro atoms. The smallest absolute Gasteiger partial charge is 0.240 e. The molecule has 2 aromatic carbocycles. The maximum absolute atomic E-state index is 13.1. The van der Waals surface area contributed by atoms with E-state index in [0.29, 0.717) is 37.6 Å². The molecule has 1 heterocycles. The summed E-state index contributed by atoms with van der Waals surface area (Å²) in [5.74, 6) is -0.555. The molecule has 4 N–H and O–H groups in total. The van der Waals surface area contributed by atoms with Gasteiger partial charge in [0, 0.05) is 36.2 Å². The van der Waals surface area contributed by atoms with E-state index >= 15 is 0 Å². The van der Waals surface area contributed by atoms with Gasteiger partial charge in [0.1, 0.15) is 5.82 Å². The number of aliphatic hydroxyl groups excluding tert-OH is 1. The van der Waals surface area contributed by atoms with Gasteiger partial charge in [-0.3, -0.25) is 4.79 Å². The molecule has 1 atom stereocenters. The highest BCUT2D eigenvalue weighted by Gasteiger charge is 2.30. The van der Waals surface area contributed by atoms with E-state index in [2.05, 4.69) is 15.0 Å². The fourth-order valence-electron chi connectivity index (χ4n) is 4.52. The van der Waals surface area contributed by atoms with Crippen LogP contribution in [0.4, 0.5) is 4.39 Å². The van der Waals surface area contributed by atoms with Crippen molar-refractivity contribution in [3.8, 4) is 0 Å². The molecular weight excluding hydrogens is 457 g/mol. The van der Waals surface area contributed by atoms with Crippen LogP contribution in [0.25, 0.3) is 10.9 Å². The van der Waals surface area contributed by atoms with Crippen molar-refractivity contribution >= 4 is 26.8 Å². The average molecular weight is 488 g/mol. The lowest BCUT2D eigenvalue weighted by Gasteiger charge is -2.29. The predicted octanol–water partition coefficient (Wildman–Crippen LogP) is 3.56. The number of carbonyl (C=O) groups excluding carboxylic acids is 1. The van der Waals surface area contributed by atoms with Crippen LogP contribution in [0.5, 0.6) is 0 Å². The van der Waals surface area contributed by atoms with Gasteiger partial charge in [-0.05, 0) is 73.9 Å². The normalized spacial score (nSPS) is 19.7. The Labute approximate surface area is 198 Å². The molecule has 0 radical (unpaired) electrons. The van der Waals surface area contributed by atoms with E-state index in [0.717, 1.165) is 16.6 Å². The van der Waals surface area contributed by atoms with E-state index < -0.39 is 10.0 Å². The van der Waals surface area contributed by atoms with E-state index in [4.69, 9.17) is 5.11 Å². The van der Waals surface area contributed by atoms with Crippen molar-refractivity contribution in [3.05, 3.63) is 65.6 Å². The molecule has 1 aliphatic rings. The molecule has 3 aromatic rings. The summed E-state index contributed by atoms with van der Waals surface area (Å²) in [5.41, 5.74) is 2.39. The average Bonchev–Trinajstić information content (AvgIpc) is 3.21. The number of benzene rings is 2. The van der Waals surface area contributed by atoms with E-state index in [1.807, 2.05) is 13.0 Å². The van der Waals surface area contributed by atoms with Gasteiger partial charge in [0.2, 0.25) is 15.9 Å². The van der Waals surface area contributed by atoms with Crippen LogP contribution >= 0.6 is 0 Å². The number of amides is 1. The van der Waals surface area contributed by atoms with Gasteiger partial charge >= 0.3 is 0 Å². The molecule has 34 heavy (non-hydrogen) atoms. The van der Waals surface area contributed by atoms with Gasteiger partial charge in [-0.2, -0.15) is 0 Å². The third kappa shape index (κ3) is 5.65. The molecule has 1 saturated carbocycles. The summed E-state index contributed by atoms with van der Waals surface area (Å²) >= 11 is 0. The molecule has 0 unspecified atom stereocenters. The highest BCUT2D eigenvalue weighted by Crippen LogP contribution is 2.27. The second kappa shape index (κ2) is 10.2. The SMILES string of the molecule is C[C@@H](NC(=O)C1CCC(NS(=O)(=O)c2ccc3cc(CCO)[nH]c3c2)CC1)c1ccc(F)cc1. The number of nitrogens with one attached hydrogen (secondary N) is 3. The molecule has 7 nitrogen and oxygen atoms in total. The predicted molar refractivity (Wildman–Crippen MR) is 128 cm³/mol. The van der Waals surface area contributed by atoms with Gasteiger partial charge < -0.3 is 15.4 Å². The van der Waals surface area contributed by atoms with Gasteiger partial charge in [0.25, 0.3) is 0 Å². The van der Waals surface area contributed by atoms with Gasteiger partial charge in [-0.1, -0.05) is 18.2 Å². The molecule has 9 heteroatoms. The first-order valence-corrected chi connectivity index (χ1v) is 13.0. The number of aromatic amines is 1. The van der Waals surface area contributed by atoms with E-state index in [1.165, 1.54) is 12.1 Å². The molecule has 182 valence electrons. The Hall–Kier alpha value is -2.75. The van der Waals surface area contributed by atoms with Gasteiger partial charge in [0.15, 0.2) is 0 Å². The second-order valence-electron chi connectivity index (χ2n) is 8.97. The van der Waals surface area contributed by atoms with E-state index in [1.54, 1.807) is 30.3 Å². The minimum absolute atomic E-state index is 0.0192. The Bertz CT molecular complexity index is 1250. The first-order valence-electron chi connectivity index (χ1n) is 11.6. The number of hydrogen-bond donors (Lipinski definition) is 4. The summed E-state index contributed by atoms with van der Waals surface area (Å²) in [6.07, 6.45) is 2.82. The number of fused-ring (bicyclic) bond motifs is 1. The summed E-state index contributed by atoms with van der Waals surface area (Å²) in [5, 5.41) is 13.0. The van der Waals surface area contributed by atoms with Crippen LogP contribution in [0.1, 0.15) is 49.9 Å². The van der Waals surface area contributed by atoms with Crippen molar-refractivity contribution < 1.29 is 22.7 Å². The van der Waals surface area contributed by atoms with Crippen LogP contribution in [0.2, 0.25) is 0 Å². The Morgan fingerprint density at radius 2 is 1.82 bits per heavy atom. The third-order valence-electron chi connectivity index (χ3n) is 6.49. The van der Waals surface area contributed by atoms with Crippen molar-refractivity contribution in [3.63, 3.8) is 0 Å². The Kier molecular flexibility index (Phi) is 7.35. The number of rotatable bonds is 8. The zero-order chi connectivity index (χ0) is 24.3. The van der Waals surface area contributed by atoms with Crippen LogP contribution in [0, 0.1) is 11.7 Å². The molecule has 4 rings (SSSR count). The highest BCUT2D eigenvalue weighted by molar-refractivity contribution is 7.89. The Balaban J connectivity index is 1.32. The lowest BCUT2D eigenvalue weighted by atomic mass is 9.85. The number of aromatic nitrogens is 1. The van der Waals surface area contributed by atoms with Crippen LogP contribution in [-0.4, -0.2) is 37.1 Å². The molecule has 0 bridgehead atoms. The number of carbonyl (C=O) groups is 1. The highest BCUT2D eigenvalue weighted by atomic mass is 32.2. The first kappa shape index (κ1) is 24.4. The largest absolute Gasteiger partial charge is 0.396 e. The van der Waals surface area contributed by atoms with Crippen LogP contribution < -0.4 is 10.0 Å². The minimum Gasteiger partial charge on any atom is -0.396 e. The molecule has 0 aliphatic heterocycles. The summed E-state index contributed by atoms with van der Waals surface area (Å²) in [6, 6.07) is 12.4. The maximum atomic E-state index is 13.1. The summed E-state index contributed by atoms with van der Waals surface area (Å²) in [4.78, 5) is 16.0. The van der Waals surface area contributed by atoms with E-state index in [9.17, 15) is 17.6 Å². The van der Waals surface area contributed by atoms with Crippen molar-refractivity contribution in [2.24, 2.45) is 5.92 Å². The molecule has 1 aromatic heterocycles. The minimum atomic E-state index is -3.70. The molecular formula is C25H30FN3O4S. The lowest BCUT2D eigenvalue weighted by molar-refractivity contribution is -0.126. The van der Waals surface area contributed by atoms with Gasteiger partial charge in [-0.15, -0.1) is 0 Å². The van der Waals surface area contributed by atoms with E-state index in [-0.39, 0.29) is 41.2 Å². The van der Waals surface area contributed by atoms with Crippen LogP contribution in [0.15, 0.2) is 53.4 Å². The number of halogens is 1. The van der Waals surface area contributed by atoms with Crippen molar-refractivity contribution in [1.82, 2.24) is 15.0 Å².